The van der Waals surface area contributed by atoms with Crippen LogP contribution in [0.15, 0.2) is 0 Å². The summed E-state index contributed by atoms with van der Waals surface area (Å²) in [4.78, 5) is 10.6. The fourth-order valence-electron chi connectivity index (χ4n) is 0.837. The van der Waals surface area contributed by atoms with Crippen LogP contribution in [0.5, 0.6) is 0 Å². The molecule has 0 aromatic carbocycles. The number of unbranched alkanes of at least 4 members (excludes halogenated alkanes) is 1. The Morgan fingerprint density at radius 2 is 2.42 bits per heavy atom. The van der Waals surface area contributed by atoms with Crippen molar-refractivity contribution in [3.8, 4) is 0 Å². The summed E-state index contributed by atoms with van der Waals surface area (Å²) in [5.74, 6) is -0.836. The molecule has 0 saturated heterocycles. The standard InChI is InChI=1S/C7H15BNO3/c1-3-4-5-6(7(10)11)9-8-12-2/h6,9H,3-5H2,1-2H3,(H,10,11). The molecule has 0 aliphatic heterocycles. The molecule has 0 aromatic heterocycles. The Morgan fingerprint density at radius 3 is 2.83 bits per heavy atom. The van der Waals surface area contributed by atoms with Crippen molar-refractivity contribution in [3.63, 3.8) is 0 Å². The molecule has 5 heteroatoms. The summed E-state index contributed by atoms with van der Waals surface area (Å²) in [7, 11) is 2.78. The average molecular weight is 172 g/mol. The lowest BCUT2D eigenvalue weighted by atomic mass is 10.1. The minimum atomic E-state index is -0.836. The lowest BCUT2D eigenvalue weighted by molar-refractivity contribution is -0.139. The van der Waals surface area contributed by atoms with Gasteiger partial charge in [0.2, 0.25) is 0 Å². The van der Waals surface area contributed by atoms with E-state index in [1.54, 1.807) is 0 Å². The van der Waals surface area contributed by atoms with Crippen molar-refractivity contribution in [3.05, 3.63) is 0 Å². The number of rotatable bonds is 7. The summed E-state index contributed by atoms with van der Waals surface area (Å²) >= 11 is 0. The van der Waals surface area contributed by atoms with Crippen molar-refractivity contribution in [1.82, 2.24) is 5.23 Å². The highest BCUT2D eigenvalue weighted by molar-refractivity contribution is 6.24. The summed E-state index contributed by atoms with van der Waals surface area (Å²) in [6, 6.07) is -0.523. The Labute approximate surface area is 73.6 Å². The van der Waals surface area contributed by atoms with Gasteiger partial charge in [0, 0.05) is 7.11 Å². The predicted octanol–water partition coefficient (Wildman–Crippen LogP) is 0.400. The summed E-state index contributed by atoms with van der Waals surface area (Å²) in [6.07, 6.45) is 2.53. The number of carboxylic acids is 1. The van der Waals surface area contributed by atoms with Crippen LogP contribution in [0.2, 0.25) is 0 Å². The maximum absolute atomic E-state index is 10.6. The van der Waals surface area contributed by atoms with E-state index in [0.29, 0.717) is 6.42 Å². The van der Waals surface area contributed by atoms with Gasteiger partial charge in [-0.3, -0.25) is 4.79 Å². The van der Waals surface area contributed by atoms with E-state index in [-0.39, 0.29) is 0 Å². The van der Waals surface area contributed by atoms with E-state index in [1.165, 1.54) is 14.7 Å². The van der Waals surface area contributed by atoms with E-state index in [9.17, 15) is 4.79 Å². The van der Waals surface area contributed by atoms with Gasteiger partial charge in [-0.05, 0) is 6.42 Å². The Balaban J connectivity index is 3.62. The third kappa shape index (κ3) is 5.15. The third-order valence-electron chi connectivity index (χ3n) is 1.53. The zero-order valence-corrected chi connectivity index (χ0v) is 7.54. The second kappa shape index (κ2) is 7.12. The molecule has 0 amide bonds. The maximum Gasteiger partial charge on any atom is 0.396 e. The lowest BCUT2D eigenvalue weighted by Crippen LogP contribution is -2.39. The highest BCUT2D eigenvalue weighted by Crippen LogP contribution is 1.99. The van der Waals surface area contributed by atoms with Crippen LogP contribution in [-0.4, -0.2) is 31.8 Å². The molecule has 0 fully saturated rings. The van der Waals surface area contributed by atoms with Gasteiger partial charge in [0.1, 0.15) is 0 Å². The summed E-state index contributed by atoms with van der Waals surface area (Å²) in [6.45, 7) is 2.03. The molecular formula is C7H15BNO3. The van der Waals surface area contributed by atoms with Gasteiger partial charge in [-0.1, -0.05) is 19.8 Å². The maximum atomic E-state index is 10.6. The largest absolute Gasteiger partial charge is 0.480 e. The number of carbonyl (C=O) groups is 1. The van der Waals surface area contributed by atoms with E-state index in [2.05, 4.69) is 9.88 Å². The van der Waals surface area contributed by atoms with Crippen molar-refractivity contribution in [1.29, 1.82) is 0 Å². The monoisotopic (exact) mass is 172 g/mol. The molecule has 0 spiro atoms. The first-order valence-corrected chi connectivity index (χ1v) is 4.05. The Kier molecular flexibility index (Phi) is 6.80. The molecule has 1 atom stereocenters. The number of nitrogens with one attached hydrogen (secondary N) is 1. The second-order valence-electron chi connectivity index (χ2n) is 2.55. The van der Waals surface area contributed by atoms with Crippen LogP contribution in [-0.2, 0) is 9.45 Å². The fraction of sp³-hybridized carbons (Fsp3) is 0.857. The van der Waals surface area contributed by atoms with Crippen molar-refractivity contribution < 1.29 is 14.6 Å². The van der Waals surface area contributed by atoms with Crippen LogP contribution < -0.4 is 5.23 Å². The number of hydrogen-bond donors (Lipinski definition) is 2. The van der Waals surface area contributed by atoms with Crippen LogP contribution in [0.4, 0.5) is 0 Å². The van der Waals surface area contributed by atoms with Gasteiger partial charge >= 0.3 is 13.6 Å². The van der Waals surface area contributed by atoms with Gasteiger partial charge < -0.3 is 15.0 Å². The first-order valence-electron chi connectivity index (χ1n) is 4.05. The number of hydrogen-bond acceptors (Lipinski definition) is 3. The first-order chi connectivity index (χ1) is 5.72. The molecule has 1 unspecified atom stereocenters. The highest BCUT2D eigenvalue weighted by Gasteiger charge is 2.15. The van der Waals surface area contributed by atoms with E-state index in [0.717, 1.165) is 12.8 Å². The summed E-state index contributed by atoms with van der Waals surface area (Å²) in [5.41, 5.74) is 0. The molecule has 69 valence electrons. The minimum absolute atomic E-state index is 0.523. The van der Waals surface area contributed by atoms with E-state index in [1.807, 2.05) is 6.92 Å². The topological polar surface area (TPSA) is 58.6 Å². The number of carboxylic acid groups (broad SMARTS) is 1. The Hall–Kier alpha value is -0.545. The van der Waals surface area contributed by atoms with Crippen LogP contribution >= 0.6 is 0 Å². The van der Waals surface area contributed by atoms with Gasteiger partial charge in [0.15, 0.2) is 0 Å². The first kappa shape index (κ1) is 11.5. The smallest absolute Gasteiger partial charge is 0.396 e. The molecule has 0 aliphatic rings. The SMILES string of the molecule is CCCCC(N[B]OC)C(=O)O. The van der Waals surface area contributed by atoms with Gasteiger partial charge in [0.25, 0.3) is 0 Å². The molecule has 2 N–H and O–H groups in total. The highest BCUT2D eigenvalue weighted by atomic mass is 16.4. The molecule has 0 bridgehead atoms. The molecule has 0 heterocycles. The van der Waals surface area contributed by atoms with Crippen LogP contribution in [0.1, 0.15) is 26.2 Å². The Bertz CT molecular complexity index is 124. The Morgan fingerprint density at radius 1 is 1.75 bits per heavy atom. The van der Waals surface area contributed by atoms with Crippen molar-refractivity contribution in [2.45, 2.75) is 32.2 Å². The van der Waals surface area contributed by atoms with Crippen LogP contribution in [0, 0.1) is 0 Å². The number of aliphatic carboxylic acids is 1. The second-order valence-corrected chi connectivity index (χ2v) is 2.55. The zero-order valence-electron chi connectivity index (χ0n) is 7.54. The van der Waals surface area contributed by atoms with Gasteiger partial charge in [0.05, 0.1) is 6.04 Å². The molecule has 0 aromatic rings. The molecule has 0 aliphatic carbocycles. The molecular weight excluding hydrogens is 157 g/mol. The quantitative estimate of drug-likeness (QED) is 0.545. The van der Waals surface area contributed by atoms with Gasteiger partial charge in [-0.25, -0.2) is 0 Å². The van der Waals surface area contributed by atoms with Gasteiger partial charge in [-0.15, -0.1) is 0 Å². The lowest BCUT2D eigenvalue weighted by Gasteiger charge is -2.11. The third-order valence-corrected chi connectivity index (χ3v) is 1.53. The van der Waals surface area contributed by atoms with E-state index >= 15 is 0 Å². The molecule has 12 heavy (non-hydrogen) atoms. The van der Waals surface area contributed by atoms with E-state index < -0.39 is 12.0 Å². The van der Waals surface area contributed by atoms with Crippen molar-refractivity contribution in [2.24, 2.45) is 0 Å². The van der Waals surface area contributed by atoms with Crippen molar-refractivity contribution >= 4 is 13.6 Å². The van der Waals surface area contributed by atoms with Crippen LogP contribution in [0.3, 0.4) is 0 Å². The molecule has 0 saturated carbocycles. The summed E-state index contributed by atoms with van der Waals surface area (Å²) in [5, 5.41) is 11.3. The molecule has 0 rings (SSSR count). The zero-order chi connectivity index (χ0) is 9.40. The molecule has 4 nitrogen and oxygen atoms in total. The van der Waals surface area contributed by atoms with Crippen LogP contribution in [0.25, 0.3) is 0 Å². The predicted molar refractivity (Wildman–Crippen MR) is 46.8 cm³/mol. The normalized spacial score (nSPS) is 12.5. The van der Waals surface area contributed by atoms with E-state index in [4.69, 9.17) is 5.11 Å². The minimum Gasteiger partial charge on any atom is -0.480 e. The summed E-state index contributed by atoms with van der Waals surface area (Å²) < 4.78 is 4.60. The molecule has 1 radical (unpaired) electrons. The fourth-order valence-corrected chi connectivity index (χ4v) is 0.837. The van der Waals surface area contributed by atoms with Gasteiger partial charge in [-0.2, -0.15) is 0 Å². The van der Waals surface area contributed by atoms with Crippen molar-refractivity contribution in [2.75, 3.05) is 7.11 Å². The average Bonchev–Trinajstić information content (AvgIpc) is 2.04.